The van der Waals surface area contributed by atoms with Gasteiger partial charge in [-0.05, 0) is 41.0 Å². The van der Waals surface area contributed by atoms with E-state index in [1.165, 1.54) is 12.1 Å². The van der Waals surface area contributed by atoms with Crippen LogP contribution in [0.4, 0.5) is 4.39 Å². The lowest BCUT2D eigenvalue weighted by Crippen LogP contribution is -1.89. The maximum absolute atomic E-state index is 13.0. The van der Waals surface area contributed by atoms with Crippen LogP contribution in [0.3, 0.4) is 0 Å². The van der Waals surface area contributed by atoms with Gasteiger partial charge in [0.2, 0.25) is 0 Å². The van der Waals surface area contributed by atoms with Crippen LogP contribution in [0.5, 0.6) is 0 Å². The van der Waals surface area contributed by atoms with Crippen molar-refractivity contribution in [2.45, 2.75) is 0 Å². The van der Waals surface area contributed by atoms with Gasteiger partial charge in [0.15, 0.2) is 0 Å². The zero-order valence-corrected chi connectivity index (χ0v) is 12.1. The Kier molecular flexibility index (Phi) is 4.87. The molecular weight excluding hydrogens is 306 g/mol. The van der Waals surface area contributed by atoms with Gasteiger partial charge in [0.05, 0.1) is 5.02 Å². The van der Waals surface area contributed by atoms with Gasteiger partial charge in [-0.2, -0.15) is 0 Å². The Balaban J connectivity index is 2.48. The molecule has 0 heterocycles. The molecule has 2 aromatic rings. The van der Waals surface area contributed by atoms with Crippen LogP contribution in [0.15, 0.2) is 42.5 Å². The van der Waals surface area contributed by atoms with Gasteiger partial charge < -0.3 is 0 Å². The smallest absolute Gasteiger partial charge is 0.124 e. The van der Waals surface area contributed by atoms with E-state index in [1.54, 1.807) is 12.1 Å². The van der Waals surface area contributed by atoms with Crippen LogP contribution in [0.2, 0.25) is 10.0 Å². The maximum Gasteiger partial charge on any atom is 0.124 e. The van der Waals surface area contributed by atoms with E-state index in [2.05, 4.69) is 0 Å². The highest BCUT2D eigenvalue weighted by Gasteiger charge is 2.08. The lowest BCUT2D eigenvalue weighted by molar-refractivity contribution is 0.628. The number of alkyl halides is 1. The molecule has 2 rings (SSSR count). The maximum atomic E-state index is 13.0. The first kappa shape index (κ1) is 14.4. The third-order valence-corrected chi connectivity index (χ3v) is 3.60. The van der Waals surface area contributed by atoms with Crippen LogP contribution in [0, 0.1) is 5.82 Å². The van der Waals surface area contributed by atoms with Crippen LogP contribution in [0.1, 0.15) is 11.1 Å². The van der Waals surface area contributed by atoms with Crippen molar-refractivity contribution < 1.29 is 4.39 Å². The van der Waals surface area contributed by atoms with Gasteiger partial charge in [0.25, 0.3) is 0 Å². The molecule has 0 aliphatic rings. The van der Waals surface area contributed by atoms with E-state index in [1.807, 2.05) is 24.3 Å². The predicted molar refractivity (Wildman–Crippen MR) is 81.5 cm³/mol. The first-order chi connectivity index (χ1) is 9.11. The molecule has 0 bridgehead atoms. The second-order valence-electron chi connectivity index (χ2n) is 3.95. The minimum Gasteiger partial charge on any atom is -0.207 e. The molecule has 0 aliphatic carbocycles. The summed E-state index contributed by atoms with van der Waals surface area (Å²) in [6.07, 6.45) is 1.86. The van der Waals surface area contributed by atoms with Gasteiger partial charge in [-0.15, -0.1) is 11.6 Å². The number of rotatable bonds is 3. The average Bonchev–Trinajstić information content (AvgIpc) is 2.39. The van der Waals surface area contributed by atoms with E-state index >= 15 is 0 Å². The number of benzene rings is 2. The quantitative estimate of drug-likeness (QED) is 0.488. The molecule has 0 atom stereocenters. The fraction of sp³-hybridized carbons (Fsp3) is 0.0667. The van der Waals surface area contributed by atoms with Crippen molar-refractivity contribution in [3.63, 3.8) is 0 Å². The van der Waals surface area contributed by atoms with Crippen molar-refractivity contribution in [1.29, 1.82) is 0 Å². The van der Waals surface area contributed by atoms with Crippen molar-refractivity contribution in [1.82, 2.24) is 0 Å². The van der Waals surface area contributed by atoms with Crippen molar-refractivity contribution in [2.75, 3.05) is 5.88 Å². The molecule has 0 fully saturated rings. The summed E-state index contributed by atoms with van der Waals surface area (Å²) in [6.45, 7) is 0. The van der Waals surface area contributed by atoms with Crippen LogP contribution in [-0.4, -0.2) is 5.88 Å². The molecule has 0 saturated heterocycles. The zero-order chi connectivity index (χ0) is 13.8. The highest BCUT2D eigenvalue weighted by atomic mass is 35.5. The molecular formula is C15H10Cl3F. The van der Waals surface area contributed by atoms with Crippen molar-refractivity contribution in [3.05, 3.63) is 69.5 Å². The third-order valence-electron chi connectivity index (χ3n) is 2.66. The van der Waals surface area contributed by atoms with Crippen LogP contribution in [-0.2, 0) is 0 Å². The zero-order valence-electron chi connectivity index (χ0n) is 9.84. The summed E-state index contributed by atoms with van der Waals surface area (Å²) >= 11 is 18.1. The lowest BCUT2D eigenvalue weighted by atomic mass is 10.0. The Bertz CT molecular complexity index is 621. The van der Waals surface area contributed by atoms with Gasteiger partial charge in [0.1, 0.15) is 5.82 Å². The Morgan fingerprint density at radius 3 is 2.42 bits per heavy atom. The Labute approximate surface area is 126 Å². The number of hydrogen-bond acceptors (Lipinski definition) is 0. The SMILES string of the molecule is Fc1ccc(C(=Cc2ccccc2Cl)CCl)c(Cl)c1. The van der Waals surface area contributed by atoms with E-state index in [4.69, 9.17) is 34.8 Å². The fourth-order valence-corrected chi connectivity index (χ4v) is 2.42. The van der Waals surface area contributed by atoms with Crippen molar-refractivity contribution in [2.24, 2.45) is 0 Å². The van der Waals surface area contributed by atoms with Gasteiger partial charge in [0, 0.05) is 10.9 Å². The molecule has 0 aliphatic heterocycles. The number of halogens is 4. The van der Waals surface area contributed by atoms with Gasteiger partial charge >= 0.3 is 0 Å². The fourth-order valence-electron chi connectivity index (χ4n) is 1.72. The van der Waals surface area contributed by atoms with Gasteiger partial charge in [-0.25, -0.2) is 4.39 Å². The molecule has 19 heavy (non-hydrogen) atoms. The molecule has 0 saturated carbocycles. The van der Waals surface area contributed by atoms with Crippen LogP contribution >= 0.6 is 34.8 Å². The van der Waals surface area contributed by atoms with Gasteiger partial charge in [-0.3, -0.25) is 0 Å². The first-order valence-electron chi connectivity index (χ1n) is 5.58. The summed E-state index contributed by atoms with van der Waals surface area (Å²) in [5.74, 6) is -0.114. The standard InChI is InChI=1S/C15H10Cl3F/c16-9-11(7-10-3-1-2-4-14(10)17)13-6-5-12(19)8-15(13)18/h1-8H,9H2. The summed E-state index contributed by atoms with van der Waals surface area (Å²) < 4.78 is 13.0. The molecule has 0 radical (unpaired) electrons. The molecule has 2 aromatic carbocycles. The molecule has 4 heteroatoms. The van der Waals surface area contributed by atoms with E-state index in [0.717, 1.165) is 11.1 Å². The normalized spacial score (nSPS) is 11.7. The molecule has 0 aromatic heterocycles. The van der Waals surface area contributed by atoms with Crippen LogP contribution in [0.25, 0.3) is 11.6 Å². The summed E-state index contributed by atoms with van der Waals surface area (Å²) in [6, 6.07) is 11.7. The molecule has 98 valence electrons. The summed E-state index contributed by atoms with van der Waals surface area (Å²) in [7, 11) is 0. The molecule has 0 amide bonds. The van der Waals surface area contributed by atoms with Gasteiger partial charge in [-0.1, -0.05) is 47.5 Å². The summed E-state index contributed by atoms with van der Waals surface area (Å²) in [5, 5.41) is 0.960. The number of hydrogen-bond donors (Lipinski definition) is 0. The van der Waals surface area contributed by atoms with Crippen molar-refractivity contribution in [3.8, 4) is 0 Å². The van der Waals surface area contributed by atoms with E-state index in [0.29, 0.717) is 15.6 Å². The topological polar surface area (TPSA) is 0 Å². The average molecular weight is 316 g/mol. The Morgan fingerprint density at radius 1 is 1.05 bits per heavy atom. The summed E-state index contributed by atoms with van der Waals surface area (Å²) in [4.78, 5) is 0. The summed E-state index contributed by atoms with van der Waals surface area (Å²) in [5.41, 5.74) is 2.35. The highest BCUT2D eigenvalue weighted by molar-refractivity contribution is 6.34. The van der Waals surface area contributed by atoms with Crippen molar-refractivity contribution >= 4 is 46.5 Å². The molecule has 0 unspecified atom stereocenters. The second kappa shape index (κ2) is 6.42. The molecule has 0 nitrogen and oxygen atoms in total. The highest BCUT2D eigenvalue weighted by Crippen LogP contribution is 2.29. The molecule has 0 N–H and O–H groups in total. The van der Waals surface area contributed by atoms with E-state index < -0.39 is 0 Å². The molecule has 0 spiro atoms. The largest absolute Gasteiger partial charge is 0.207 e. The predicted octanol–water partition coefficient (Wildman–Crippen LogP) is 5.91. The van der Waals surface area contributed by atoms with Crippen LogP contribution < -0.4 is 0 Å². The monoisotopic (exact) mass is 314 g/mol. The Morgan fingerprint density at radius 2 is 1.79 bits per heavy atom. The minimum absolute atomic E-state index is 0.260. The first-order valence-corrected chi connectivity index (χ1v) is 6.87. The third kappa shape index (κ3) is 3.50. The lowest BCUT2D eigenvalue weighted by Gasteiger charge is -2.08. The van der Waals surface area contributed by atoms with E-state index in [-0.39, 0.29) is 11.7 Å². The minimum atomic E-state index is -0.375. The number of allylic oxidation sites excluding steroid dienone is 1. The second-order valence-corrected chi connectivity index (χ2v) is 5.03. The van der Waals surface area contributed by atoms with E-state index in [9.17, 15) is 4.39 Å². The Hall–Kier alpha value is -1.02.